The summed E-state index contributed by atoms with van der Waals surface area (Å²) < 4.78 is 4.83. The third-order valence-electron chi connectivity index (χ3n) is 4.09. The van der Waals surface area contributed by atoms with Gasteiger partial charge >= 0.3 is 6.09 Å². The van der Waals surface area contributed by atoms with Crippen molar-refractivity contribution in [1.82, 2.24) is 10.3 Å². The topological polar surface area (TPSA) is 51.2 Å². The fourth-order valence-electron chi connectivity index (χ4n) is 2.62. The summed E-state index contributed by atoms with van der Waals surface area (Å²) in [5.41, 5.74) is 2.29. The first kappa shape index (κ1) is 17.0. The highest BCUT2D eigenvalue weighted by molar-refractivity contribution is 5.84. The molecular weight excluding hydrogens is 312 g/mol. The molecule has 1 N–H and O–H groups in total. The molecule has 0 unspecified atom stereocenters. The number of carbonyl (C=O) groups is 1. The van der Waals surface area contributed by atoms with Gasteiger partial charge in [0.1, 0.15) is 6.61 Å². The van der Waals surface area contributed by atoms with Crippen LogP contribution in [0.4, 0.5) is 4.79 Å². The Bertz CT molecular complexity index is 824. The SMILES string of the molecule is CNC(=O)OCc1ccccc1.c1ccc2c(C3CC3)nccc2c1. The Kier molecular flexibility index (Phi) is 5.62. The van der Waals surface area contributed by atoms with Crippen molar-refractivity contribution in [2.75, 3.05) is 7.05 Å². The molecule has 0 bridgehead atoms. The van der Waals surface area contributed by atoms with E-state index in [0.29, 0.717) is 6.61 Å². The van der Waals surface area contributed by atoms with Gasteiger partial charge in [0.15, 0.2) is 0 Å². The lowest BCUT2D eigenvalue weighted by atomic mass is 10.1. The Morgan fingerprint density at radius 3 is 2.52 bits per heavy atom. The maximum atomic E-state index is 10.7. The summed E-state index contributed by atoms with van der Waals surface area (Å²) in [6.07, 6.45) is 4.16. The summed E-state index contributed by atoms with van der Waals surface area (Å²) in [5, 5.41) is 5.03. The van der Waals surface area contributed by atoms with E-state index in [1.165, 1.54) is 36.4 Å². The van der Waals surface area contributed by atoms with E-state index in [-0.39, 0.29) is 0 Å². The summed E-state index contributed by atoms with van der Waals surface area (Å²) in [6.45, 7) is 0.320. The van der Waals surface area contributed by atoms with Crippen LogP contribution in [-0.2, 0) is 11.3 Å². The van der Waals surface area contributed by atoms with E-state index in [1.54, 1.807) is 0 Å². The Morgan fingerprint density at radius 2 is 1.80 bits per heavy atom. The molecule has 128 valence electrons. The van der Waals surface area contributed by atoms with Gasteiger partial charge < -0.3 is 10.1 Å². The molecule has 0 saturated heterocycles. The average molecular weight is 334 g/mol. The number of benzene rings is 2. The number of nitrogens with zero attached hydrogens (tertiary/aromatic N) is 1. The summed E-state index contributed by atoms with van der Waals surface area (Å²) in [5.74, 6) is 0.742. The highest BCUT2D eigenvalue weighted by Crippen LogP contribution is 2.41. The molecule has 1 fully saturated rings. The van der Waals surface area contributed by atoms with Gasteiger partial charge in [-0.3, -0.25) is 4.98 Å². The van der Waals surface area contributed by atoms with Crippen molar-refractivity contribution in [2.45, 2.75) is 25.4 Å². The largest absolute Gasteiger partial charge is 0.445 e. The highest BCUT2D eigenvalue weighted by Gasteiger charge is 2.26. The lowest BCUT2D eigenvalue weighted by molar-refractivity contribution is 0.142. The van der Waals surface area contributed by atoms with Crippen LogP contribution >= 0.6 is 0 Å². The molecule has 0 aliphatic heterocycles. The molecule has 1 amide bonds. The average Bonchev–Trinajstić information content (AvgIpc) is 3.52. The molecule has 1 aliphatic carbocycles. The van der Waals surface area contributed by atoms with Crippen molar-refractivity contribution >= 4 is 16.9 Å². The highest BCUT2D eigenvalue weighted by atomic mass is 16.5. The van der Waals surface area contributed by atoms with Crippen LogP contribution in [0.15, 0.2) is 66.9 Å². The fraction of sp³-hybridized carbons (Fsp3) is 0.238. The molecule has 3 aromatic rings. The van der Waals surface area contributed by atoms with Gasteiger partial charge in [0, 0.05) is 24.5 Å². The molecule has 1 aliphatic rings. The van der Waals surface area contributed by atoms with E-state index in [2.05, 4.69) is 40.6 Å². The number of hydrogen-bond donors (Lipinski definition) is 1. The number of carbonyl (C=O) groups excluding carboxylic acids is 1. The van der Waals surface area contributed by atoms with Gasteiger partial charge in [0.2, 0.25) is 0 Å². The monoisotopic (exact) mass is 334 g/mol. The smallest absolute Gasteiger partial charge is 0.407 e. The first-order valence-corrected chi connectivity index (χ1v) is 8.50. The van der Waals surface area contributed by atoms with Gasteiger partial charge in [-0.25, -0.2) is 4.79 Å². The number of aromatic nitrogens is 1. The Labute approximate surface area is 147 Å². The lowest BCUT2D eigenvalue weighted by Gasteiger charge is -2.02. The Morgan fingerprint density at radius 1 is 1.08 bits per heavy atom. The number of pyridine rings is 1. The summed E-state index contributed by atoms with van der Waals surface area (Å²) in [7, 11) is 1.54. The molecule has 1 aromatic heterocycles. The number of alkyl carbamates (subject to hydrolysis) is 1. The molecule has 0 radical (unpaired) electrons. The number of rotatable bonds is 3. The standard InChI is InChI=1S/C12H11N.C9H11NO2/c1-2-4-11-9(3-1)7-8-13-12(11)10-5-6-10;1-10-9(11)12-7-8-5-3-2-4-6-8/h1-4,7-8,10H,5-6H2;2-6H,7H2,1H3,(H,10,11). The third kappa shape index (κ3) is 4.80. The molecule has 0 atom stereocenters. The fourth-order valence-corrected chi connectivity index (χ4v) is 2.62. The zero-order valence-electron chi connectivity index (χ0n) is 14.3. The second-order valence-corrected chi connectivity index (χ2v) is 6.00. The molecule has 1 saturated carbocycles. The van der Waals surface area contributed by atoms with Crippen LogP contribution in [0, 0.1) is 0 Å². The predicted molar refractivity (Wildman–Crippen MR) is 99.4 cm³/mol. The summed E-state index contributed by atoms with van der Waals surface area (Å²) >= 11 is 0. The van der Waals surface area contributed by atoms with Crippen LogP contribution in [0.5, 0.6) is 0 Å². The van der Waals surface area contributed by atoms with Crippen LogP contribution in [0.3, 0.4) is 0 Å². The Balaban J connectivity index is 0.000000147. The predicted octanol–water partition coefficient (Wildman–Crippen LogP) is 4.65. The van der Waals surface area contributed by atoms with Crippen molar-refractivity contribution in [3.63, 3.8) is 0 Å². The van der Waals surface area contributed by atoms with Crippen molar-refractivity contribution in [1.29, 1.82) is 0 Å². The summed E-state index contributed by atoms with van der Waals surface area (Å²) in [4.78, 5) is 15.1. The van der Waals surface area contributed by atoms with Gasteiger partial charge in [-0.2, -0.15) is 0 Å². The number of fused-ring (bicyclic) bond motifs is 1. The van der Waals surface area contributed by atoms with Crippen LogP contribution in [0.1, 0.15) is 30.0 Å². The second-order valence-electron chi connectivity index (χ2n) is 6.00. The molecule has 2 aromatic carbocycles. The maximum Gasteiger partial charge on any atom is 0.407 e. The number of nitrogens with one attached hydrogen (secondary N) is 1. The zero-order chi connectivity index (χ0) is 17.5. The van der Waals surface area contributed by atoms with E-state index in [4.69, 9.17) is 4.74 Å². The lowest BCUT2D eigenvalue weighted by Crippen LogP contribution is -2.18. The quantitative estimate of drug-likeness (QED) is 0.758. The van der Waals surface area contributed by atoms with Crippen molar-refractivity contribution in [3.05, 3.63) is 78.1 Å². The number of amides is 1. The first-order valence-electron chi connectivity index (χ1n) is 8.50. The number of hydrogen-bond acceptors (Lipinski definition) is 3. The van der Waals surface area contributed by atoms with Gasteiger partial charge in [0.25, 0.3) is 0 Å². The van der Waals surface area contributed by atoms with E-state index in [1.807, 2.05) is 36.5 Å². The van der Waals surface area contributed by atoms with Gasteiger partial charge in [0.05, 0.1) is 5.69 Å². The minimum atomic E-state index is -0.404. The molecule has 1 heterocycles. The van der Waals surface area contributed by atoms with E-state index in [9.17, 15) is 4.79 Å². The molecule has 0 spiro atoms. The van der Waals surface area contributed by atoms with Gasteiger partial charge in [-0.05, 0) is 29.9 Å². The maximum absolute atomic E-state index is 10.7. The van der Waals surface area contributed by atoms with Crippen LogP contribution in [0.25, 0.3) is 10.8 Å². The van der Waals surface area contributed by atoms with E-state index < -0.39 is 6.09 Å². The molecule has 4 heteroatoms. The van der Waals surface area contributed by atoms with E-state index >= 15 is 0 Å². The van der Waals surface area contributed by atoms with E-state index in [0.717, 1.165) is 11.5 Å². The van der Waals surface area contributed by atoms with Crippen molar-refractivity contribution < 1.29 is 9.53 Å². The van der Waals surface area contributed by atoms with Crippen LogP contribution in [0.2, 0.25) is 0 Å². The normalized spacial score (nSPS) is 12.8. The first-order chi connectivity index (χ1) is 12.3. The molecule has 4 nitrogen and oxygen atoms in total. The third-order valence-corrected chi connectivity index (χ3v) is 4.09. The molecular formula is C21H22N2O2. The number of ether oxygens (including phenoxy) is 1. The van der Waals surface area contributed by atoms with Crippen molar-refractivity contribution in [3.8, 4) is 0 Å². The summed E-state index contributed by atoms with van der Waals surface area (Å²) in [6, 6.07) is 20.1. The molecule has 25 heavy (non-hydrogen) atoms. The Hall–Kier alpha value is -2.88. The van der Waals surface area contributed by atoms with Crippen molar-refractivity contribution in [2.24, 2.45) is 0 Å². The second kappa shape index (κ2) is 8.29. The van der Waals surface area contributed by atoms with Gasteiger partial charge in [-0.15, -0.1) is 0 Å². The van der Waals surface area contributed by atoms with Crippen LogP contribution in [-0.4, -0.2) is 18.1 Å². The zero-order valence-corrected chi connectivity index (χ0v) is 14.3. The van der Waals surface area contributed by atoms with Crippen LogP contribution < -0.4 is 5.32 Å². The minimum Gasteiger partial charge on any atom is -0.445 e. The minimum absolute atomic E-state index is 0.320. The van der Waals surface area contributed by atoms with Gasteiger partial charge in [-0.1, -0.05) is 54.6 Å². The molecule has 4 rings (SSSR count).